The Balaban J connectivity index is 1.78. The number of carboxylic acids is 1. The minimum Gasteiger partial charge on any atom is -0.480 e. The molecule has 0 radical (unpaired) electrons. The maximum absolute atomic E-state index is 13.9. The zero-order valence-corrected chi connectivity index (χ0v) is 12.7. The first kappa shape index (κ1) is 15.5. The molecule has 3 rings (SSSR count). The molecule has 23 heavy (non-hydrogen) atoms. The van der Waals surface area contributed by atoms with Crippen molar-refractivity contribution >= 4 is 23.5 Å². The molecule has 0 aromatic heterocycles. The van der Waals surface area contributed by atoms with E-state index in [1.165, 1.54) is 35.0 Å². The van der Waals surface area contributed by atoms with Gasteiger partial charge >= 0.3 is 5.97 Å². The predicted molar refractivity (Wildman–Crippen MR) is 79.2 cm³/mol. The number of carbonyl (C=O) groups excluding carboxylic acids is 2. The molecule has 1 unspecified atom stereocenters. The normalized spacial score (nSPS) is 22.1. The van der Waals surface area contributed by atoms with Crippen LogP contribution in [0.25, 0.3) is 0 Å². The van der Waals surface area contributed by atoms with Crippen LogP contribution in [0.15, 0.2) is 24.3 Å². The Hall–Kier alpha value is -2.44. The van der Waals surface area contributed by atoms with E-state index in [4.69, 9.17) is 0 Å². The van der Waals surface area contributed by atoms with E-state index in [0.29, 0.717) is 25.8 Å². The van der Waals surface area contributed by atoms with Gasteiger partial charge in [-0.15, -0.1) is 0 Å². The van der Waals surface area contributed by atoms with Crippen LogP contribution in [0, 0.1) is 11.2 Å². The van der Waals surface area contributed by atoms with Gasteiger partial charge in [-0.2, -0.15) is 0 Å². The number of anilines is 1. The number of amides is 2. The zero-order valence-electron chi connectivity index (χ0n) is 12.7. The fourth-order valence-electron chi connectivity index (χ4n) is 3.06. The smallest absolute Gasteiger partial charge is 0.319 e. The lowest BCUT2D eigenvalue weighted by atomic mass is 10.0. The number of para-hydroxylation sites is 1. The molecule has 1 aromatic rings. The van der Waals surface area contributed by atoms with Gasteiger partial charge in [0.15, 0.2) is 0 Å². The van der Waals surface area contributed by atoms with Crippen molar-refractivity contribution in [1.82, 2.24) is 4.90 Å². The van der Waals surface area contributed by atoms with Crippen molar-refractivity contribution in [3.8, 4) is 0 Å². The summed E-state index contributed by atoms with van der Waals surface area (Å²) in [7, 11) is 1.44. The number of nitrogens with zero attached hydrogens (tertiary/aromatic N) is 2. The maximum atomic E-state index is 13.9. The quantitative estimate of drug-likeness (QED) is 0.847. The lowest BCUT2D eigenvalue weighted by molar-refractivity contribution is -0.154. The summed E-state index contributed by atoms with van der Waals surface area (Å²) in [6.45, 7) is 0.294. The van der Waals surface area contributed by atoms with Gasteiger partial charge in [0.2, 0.25) is 11.8 Å². The van der Waals surface area contributed by atoms with Crippen LogP contribution in [-0.2, 0) is 14.4 Å². The molecular weight excluding hydrogens is 303 g/mol. The van der Waals surface area contributed by atoms with E-state index in [0.717, 1.165) is 0 Å². The van der Waals surface area contributed by atoms with Crippen LogP contribution >= 0.6 is 0 Å². The maximum Gasteiger partial charge on any atom is 0.319 e. The topological polar surface area (TPSA) is 77.9 Å². The van der Waals surface area contributed by atoms with Crippen molar-refractivity contribution in [2.75, 3.05) is 18.5 Å². The highest BCUT2D eigenvalue weighted by Crippen LogP contribution is 2.48. The Morgan fingerprint density at radius 2 is 2.00 bits per heavy atom. The summed E-state index contributed by atoms with van der Waals surface area (Å²) < 4.78 is 13.9. The number of aliphatic carboxylic acids is 1. The number of carbonyl (C=O) groups is 3. The molecule has 1 N–H and O–H groups in total. The Kier molecular flexibility index (Phi) is 3.58. The molecule has 2 fully saturated rings. The van der Waals surface area contributed by atoms with Gasteiger partial charge in [-0.3, -0.25) is 14.4 Å². The first-order valence-corrected chi connectivity index (χ1v) is 7.45. The third-order valence-electron chi connectivity index (χ3n) is 4.68. The minimum atomic E-state index is -1.37. The van der Waals surface area contributed by atoms with Gasteiger partial charge in [-0.05, 0) is 31.4 Å². The highest BCUT2D eigenvalue weighted by molar-refractivity contribution is 6.08. The summed E-state index contributed by atoms with van der Waals surface area (Å²) in [6, 6.07) is 5.21. The Bertz CT molecular complexity index is 686. The Labute approximate surface area is 132 Å². The van der Waals surface area contributed by atoms with E-state index in [1.807, 2.05) is 0 Å². The molecule has 122 valence electrons. The molecule has 1 saturated heterocycles. The number of benzene rings is 1. The van der Waals surface area contributed by atoms with Crippen molar-refractivity contribution in [2.45, 2.75) is 25.3 Å². The second-order valence-corrected chi connectivity index (χ2v) is 6.05. The Morgan fingerprint density at radius 1 is 1.35 bits per heavy atom. The summed E-state index contributed by atoms with van der Waals surface area (Å²) in [5.41, 5.74) is -1.19. The lowest BCUT2D eigenvalue weighted by Crippen LogP contribution is -2.47. The molecule has 1 saturated carbocycles. The summed E-state index contributed by atoms with van der Waals surface area (Å²) in [5, 5.41) is 9.21. The molecule has 7 heteroatoms. The van der Waals surface area contributed by atoms with Crippen LogP contribution in [0.3, 0.4) is 0 Å². The van der Waals surface area contributed by atoms with Crippen molar-refractivity contribution < 1.29 is 23.9 Å². The number of carboxylic acid groups (broad SMARTS) is 1. The molecule has 0 bridgehead atoms. The van der Waals surface area contributed by atoms with Gasteiger partial charge in [0, 0.05) is 13.6 Å². The number of likely N-dealkylation sites (N-methyl/N-ethyl adjacent to an activating group) is 1. The molecule has 2 aliphatic rings. The number of hydrogen-bond donors (Lipinski definition) is 1. The van der Waals surface area contributed by atoms with Crippen molar-refractivity contribution in [2.24, 2.45) is 5.41 Å². The summed E-state index contributed by atoms with van der Waals surface area (Å²) in [4.78, 5) is 38.7. The summed E-state index contributed by atoms with van der Waals surface area (Å²) in [6.07, 6.45) is 0.942. The van der Waals surface area contributed by atoms with E-state index < -0.39 is 29.2 Å². The van der Waals surface area contributed by atoms with E-state index in [9.17, 15) is 23.9 Å². The first-order chi connectivity index (χ1) is 10.9. The predicted octanol–water partition coefficient (Wildman–Crippen LogP) is 1.25. The largest absolute Gasteiger partial charge is 0.480 e. The zero-order chi connectivity index (χ0) is 16.8. The molecule has 1 aliphatic heterocycles. The highest BCUT2D eigenvalue weighted by Gasteiger charge is 2.59. The van der Waals surface area contributed by atoms with Crippen LogP contribution in [-0.4, -0.2) is 47.4 Å². The van der Waals surface area contributed by atoms with E-state index in [-0.39, 0.29) is 11.6 Å². The van der Waals surface area contributed by atoms with Crippen molar-refractivity contribution in [1.29, 1.82) is 0 Å². The fraction of sp³-hybridized carbons (Fsp3) is 0.438. The summed E-state index contributed by atoms with van der Waals surface area (Å²) >= 11 is 0. The van der Waals surface area contributed by atoms with Crippen LogP contribution in [0.5, 0.6) is 0 Å². The van der Waals surface area contributed by atoms with Crippen molar-refractivity contribution in [3.05, 3.63) is 30.1 Å². The van der Waals surface area contributed by atoms with Crippen LogP contribution in [0.1, 0.15) is 19.3 Å². The second kappa shape index (κ2) is 5.33. The Morgan fingerprint density at radius 3 is 2.57 bits per heavy atom. The van der Waals surface area contributed by atoms with E-state index in [1.54, 1.807) is 6.07 Å². The van der Waals surface area contributed by atoms with Gasteiger partial charge in [-0.1, -0.05) is 12.1 Å². The SMILES string of the molecule is CN(C(=O)C1(C(=O)O)CC1)C1CCN(c2ccccc2F)C1=O. The van der Waals surface area contributed by atoms with Crippen LogP contribution in [0.2, 0.25) is 0 Å². The van der Waals surface area contributed by atoms with Gasteiger partial charge < -0.3 is 14.9 Å². The number of halogens is 1. The number of rotatable bonds is 4. The molecule has 1 aliphatic carbocycles. The molecular formula is C16H17FN2O4. The molecule has 2 amide bonds. The lowest BCUT2D eigenvalue weighted by Gasteiger charge is -2.26. The molecule has 1 heterocycles. The van der Waals surface area contributed by atoms with Gasteiger partial charge in [0.1, 0.15) is 17.3 Å². The molecule has 1 aromatic carbocycles. The highest BCUT2D eigenvalue weighted by atomic mass is 19.1. The average molecular weight is 320 g/mol. The average Bonchev–Trinajstić information content (AvgIpc) is 3.26. The van der Waals surface area contributed by atoms with E-state index >= 15 is 0 Å². The molecule has 1 atom stereocenters. The third kappa shape index (κ3) is 2.36. The first-order valence-electron chi connectivity index (χ1n) is 7.45. The molecule has 0 spiro atoms. The minimum absolute atomic E-state index is 0.181. The van der Waals surface area contributed by atoms with Crippen LogP contribution in [0.4, 0.5) is 10.1 Å². The van der Waals surface area contributed by atoms with Crippen molar-refractivity contribution in [3.63, 3.8) is 0 Å². The molecule has 6 nitrogen and oxygen atoms in total. The monoisotopic (exact) mass is 320 g/mol. The van der Waals surface area contributed by atoms with Gasteiger partial charge in [0.25, 0.3) is 0 Å². The van der Waals surface area contributed by atoms with Crippen LogP contribution < -0.4 is 4.90 Å². The standard InChI is InChI=1S/C16H17FN2O4/c1-18(14(21)16(7-8-16)15(22)23)12-6-9-19(13(12)20)11-5-3-2-4-10(11)17/h2-5,12H,6-9H2,1H3,(H,22,23). The number of hydrogen-bond acceptors (Lipinski definition) is 3. The second-order valence-electron chi connectivity index (χ2n) is 6.05. The van der Waals surface area contributed by atoms with Gasteiger partial charge in [-0.25, -0.2) is 4.39 Å². The fourth-order valence-corrected chi connectivity index (χ4v) is 3.06. The van der Waals surface area contributed by atoms with Gasteiger partial charge in [0.05, 0.1) is 5.69 Å². The summed E-state index contributed by atoms with van der Waals surface area (Å²) in [5.74, 6) is -2.57. The third-order valence-corrected chi connectivity index (χ3v) is 4.68. The van der Waals surface area contributed by atoms with E-state index in [2.05, 4.69) is 0 Å².